The van der Waals surface area contributed by atoms with Crippen molar-refractivity contribution < 1.29 is 9.53 Å². The minimum Gasteiger partial charge on any atom is -0.493 e. The largest absolute Gasteiger partial charge is 0.493 e. The van der Waals surface area contributed by atoms with E-state index < -0.39 is 5.41 Å². The quantitative estimate of drug-likeness (QED) is 0.467. The number of guanidine groups is 1. The number of nitrogens with zero attached hydrogens (tertiary/aromatic N) is 1. The molecule has 1 aromatic carbocycles. The fourth-order valence-electron chi connectivity index (χ4n) is 2.50. The van der Waals surface area contributed by atoms with Gasteiger partial charge in [0.05, 0.1) is 18.6 Å². The van der Waals surface area contributed by atoms with Crippen LogP contribution in [-0.4, -0.2) is 38.6 Å². The van der Waals surface area contributed by atoms with Crippen LogP contribution in [0.5, 0.6) is 5.75 Å². The third-order valence-corrected chi connectivity index (χ3v) is 4.44. The zero-order valence-corrected chi connectivity index (χ0v) is 16.4. The average Bonchev–Trinajstić information content (AvgIpc) is 3.46. The molecule has 0 bridgehead atoms. The summed E-state index contributed by atoms with van der Waals surface area (Å²) in [5.41, 5.74) is 0.548. The maximum atomic E-state index is 11.9. The Morgan fingerprint density at radius 1 is 1.27 bits per heavy atom. The second-order valence-electron chi connectivity index (χ2n) is 7.37. The summed E-state index contributed by atoms with van der Waals surface area (Å²) in [6, 6.07) is 8.04. The minimum atomic E-state index is -0.518. The standard InChI is InChI=1S/C20H32N4O2/c1-5-22-19(24-14-20(2,3)18(25)21-4)23-12-16-8-6-7-9-17(16)26-13-15-10-11-15/h6-9,15H,5,10-14H2,1-4H3,(H,21,25)(H2,22,23,24). The normalized spacial score (nSPS) is 14.7. The molecule has 1 aliphatic carbocycles. The van der Waals surface area contributed by atoms with Gasteiger partial charge in [-0.1, -0.05) is 18.2 Å². The number of carbonyl (C=O) groups is 1. The first-order valence-corrected chi connectivity index (χ1v) is 9.41. The number of rotatable bonds is 9. The molecule has 6 heteroatoms. The second kappa shape index (κ2) is 9.46. The van der Waals surface area contributed by atoms with Gasteiger partial charge in [-0.05, 0) is 45.6 Å². The molecule has 1 aromatic rings. The van der Waals surface area contributed by atoms with Gasteiger partial charge in [0, 0.05) is 25.7 Å². The van der Waals surface area contributed by atoms with E-state index in [0.717, 1.165) is 30.4 Å². The van der Waals surface area contributed by atoms with E-state index in [0.29, 0.717) is 19.0 Å². The van der Waals surface area contributed by atoms with Crippen LogP contribution in [0.1, 0.15) is 39.2 Å². The zero-order valence-electron chi connectivity index (χ0n) is 16.4. The van der Waals surface area contributed by atoms with Crippen LogP contribution in [0, 0.1) is 11.3 Å². The Morgan fingerprint density at radius 2 is 2.00 bits per heavy atom. The molecular weight excluding hydrogens is 328 g/mol. The lowest BCUT2D eigenvalue weighted by Gasteiger charge is -2.24. The Morgan fingerprint density at radius 3 is 2.65 bits per heavy atom. The van der Waals surface area contributed by atoms with Crippen LogP contribution in [0.4, 0.5) is 0 Å². The highest BCUT2D eigenvalue weighted by atomic mass is 16.5. The number of para-hydroxylation sites is 1. The number of carbonyl (C=O) groups excluding carboxylic acids is 1. The third-order valence-electron chi connectivity index (χ3n) is 4.44. The maximum Gasteiger partial charge on any atom is 0.227 e. The molecule has 26 heavy (non-hydrogen) atoms. The Hall–Kier alpha value is -2.24. The van der Waals surface area contributed by atoms with Crippen molar-refractivity contribution in [1.29, 1.82) is 0 Å². The van der Waals surface area contributed by atoms with Gasteiger partial charge in [-0.3, -0.25) is 4.79 Å². The summed E-state index contributed by atoms with van der Waals surface area (Å²) in [6.07, 6.45) is 2.55. The lowest BCUT2D eigenvalue weighted by atomic mass is 9.92. The molecule has 0 radical (unpaired) electrons. The molecule has 2 rings (SSSR count). The number of amides is 1. The van der Waals surface area contributed by atoms with Gasteiger partial charge in [-0.25, -0.2) is 4.99 Å². The van der Waals surface area contributed by atoms with Crippen molar-refractivity contribution in [3.63, 3.8) is 0 Å². The summed E-state index contributed by atoms with van der Waals surface area (Å²) >= 11 is 0. The van der Waals surface area contributed by atoms with Crippen LogP contribution < -0.4 is 20.7 Å². The van der Waals surface area contributed by atoms with Crippen molar-refractivity contribution in [1.82, 2.24) is 16.0 Å². The van der Waals surface area contributed by atoms with E-state index in [-0.39, 0.29) is 5.91 Å². The average molecular weight is 361 g/mol. The Balaban J connectivity index is 1.98. The van der Waals surface area contributed by atoms with Crippen molar-refractivity contribution in [2.24, 2.45) is 16.3 Å². The summed E-state index contributed by atoms with van der Waals surface area (Å²) in [5.74, 6) is 2.32. The first kappa shape index (κ1) is 20.1. The van der Waals surface area contributed by atoms with E-state index in [1.807, 2.05) is 45.0 Å². The van der Waals surface area contributed by atoms with Crippen molar-refractivity contribution in [2.45, 2.75) is 40.2 Å². The van der Waals surface area contributed by atoms with Crippen molar-refractivity contribution >= 4 is 11.9 Å². The van der Waals surface area contributed by atoms with E-state index in [9.17, 15) is 4.79 Å². The SMILES string of the molecule is CCNC(=NCc1ccccc1OCC1CC1)NCC(C)(C)C(=O)NC. The minimum absolute atomic E-state index is 0.000305. The van der Waals surface area contributed by atoms with Crippen molar-refractivity contribution in [3.05, 3.63) is 29.8 Å². The molecule has 0 aromatic heterocycles. The van der Waals surface area contributed by atoms with Crippen LogP contribution >= 0.6 is 0 Å². The molecule has 1 aliphatic rings. The van der Waals surface area contributed by atoms with Crippen molar-refractivity contribution in [3.8, 4) is 5.75 Å². The van der Waals surface area contributed by atoms with Crippen LogP contribution in [0.15, 0.2) is 29.3 Å². The Labute approximate surface area is 156 Å². The predicted molar refractivity (Wildman–Crippen MR) is 105 cm³/mol. The molecule has 144 valence electrons. The van der Waals surface area contributed by atoms with E-state index in [1.165, 1.54) is 12.8 Å². The Kier molecular flexibility index (Phi) is 7.30. The summed E-state index contributed by atoms with van der Waals surface area (Å²) in [4.78, 5) is 16.6. The fourth-order valence-corrected chi connectivity index (χ4v) is 2.50. The molecule has 1 fully saturated rings. The maximum absolute atomic E-state index is 11.9. The van der Waals surface area contributed by atoms with Crippen LogP contribution in [0.3, 0.4) is 0 Å². The van der Waals surface area contributed by atoms with Gasteiger partial charge in [0.1, 0.15) is 5.75 Å². The summed E-state index contributed by atoms with van der Waals surface area (Å²) in [6.45, 7) is 8.40. The number of nitrogens with one attached hydrogen (secondary N) is 3. The lowest BCUT2D eigenvalue weighted by molar-refractivity contribution is -0.128. The van der Waals surface area contributed by atoms with Gasteiger partial charge in [-0.2, -0.15) is 0 Å². The first-order chi connectivity index (χ1) is 12.5. The zero-order chi connectivity index (χ0) is 19.0. The van der Waals surface area contributed by atoms with Gasteiger partial charge >= 0.3 is 0 Å². The smallest absolute Gasteiger partial charge is 0.227 e. The van der Waals surface area contributed by atoms with Gasteiger partial charge in [0.15, 0.2) is 5.96 Å². The Bertz CT molecular complexity index is 624. The van der Waals surface area contributed by atoms with Gasteiger partial charge in [0.25, 0.3) is 0 Å². The highest BCUT2D eigenvalue weighted by Crippen LogP contribution is 2.30. The highest BCUT2D eigenvalue weighted by molar-refractivity contribution is 5.84. The molecule has 6 nitrogen and oxygen atoms in total. The van der Waals surface area contributed by atoms with E-state index in [2.05, 4.69) is 20.9 Å². The number of hydrogen-bond acceptors (Lipinski definition) is 3. The number of aliphatic imine (C=N–C) groups is 1. The van der Waals surface area contributed by atoms with Gasteiger partial charge in [0.2, 0.25) is 5.91 Å². The van der Waals surface area contributed by atoms with E-state index >= 15 is 0 Å². The summed E-state index contributed by atoms with van der Waals surface area (Å²) in [5, 5.41) is 9.19. The fraction of sp³-hybridized carbons (Fsp3) is 0.600. The van der Waals surface area contributed by atoms with E-state index in [1.54, 1.807) is 7.05 Å². The monoisotopic (exact) mass is 360 g/mol. The number of hydrogen-bond donors (Lipinski definition) is 3. The molecule has 0 spiro atoms. The molecule has 0 heterocycles. The predicted octanol–water partition coefficient (Wildman–Crippen LogP) is 2.30. The summed E-state index contributed by atoms with van der Waals surface area (Å²) in [7, 11) is 1.65. The molecule has 0 unspecified atom stereocenters. The van der Waals surface area contributed by atoms with Crippen LogP contribution in [0.25, 0.3) is 0 Å². The van der Waals surface area contributed by atoms with E-state index in [4.69, 9.17) is 4.74 Å². The number of ether oxygens (including phenoxy) is 1. The molecular formula is C20H32N4O2. The lowest BCUT2D eigenvalue weighted by Crippen LogP contribution is -2.47. The van der Waals surface area contributed by atoms with Crippen LogP contribution in [0.2, 0.25) is 0 Å². The molecule has 3 N–H and O–H groups in total. The first-order valence-electron chi connectivity index (χ1n) is 9.41. The highest BCUT2D eigenvalue weighted by Gasteiger charge is 2.26. The molecule has 0 aliphatic heterocycles. The van der Waals surface area contributed by atoms with Gasteiger partial charge < -0.3 is 20.7 Å². The topological polar surface area (TPSA) is 74.8 Å². The third kappa shape index (κ3) is 6.24. The summed E-state index contributed by atoms with van der Waals surface area (Å²) < 4.78 is 5.95. The van der Waals surface area contributed by atoms with Crippen LogP contribution in [-0.2, 0) is 11.3 Å². The molecule has 0 saturated heterocycles. The van der Waals surface area contributed by atoms with Gasteiger partial charge in [-0.15, -0.1) is 0 Å². The molecule has 1 saturated carbocycles. The second-order valence-corrected chi connectivity index (χ2v) is 7.37. The molecule has 0 atom stereocenters. The molecule has 1 amide bonds. The number of benzene rings is 1. The van der Waals surface area contributed by atoms with Crippen molar-refractivity contribution in [2.75, 3.05) is 26.7 Å².